The molecule has 0 aliphatic heterocycles. The van der Waals surface area contributed by atoms with Crippen LogP contribution in [0.2, 0.25) is 5.02 Å². The second-order valence-electron chi connectivity index (χ2n) is 3.65. The molecule has 0 radical (unpaired) electrons. The number of amides is 1. The number of carbonyl (C=O) groups is 1. The molecule has 0 saturated carbocycles. The highest BCUT2D eigenvalue weighted by Crippen LogP contribution is 2.20. The summed E-state index contributed by atoms with van der Waals surface area (Å²) < 4.78 is 1.05. The number of carbonyl (C=O) groups excluding carboxylic acids is 1. The Morgan fingerprint density at radius 1 is 1.32 bits per heavy atom. The van der Waals surface area contributed by atoms with Gasteiger partial charge in [-0.2, -0.15) is 0 Å². The van der Waals surface area contributed by atoms with E-state index < -0.39 is 0 Å². The molecule has 1 heterocycles. The summed E-state index contributed by atoms with van der Waals surface area (Å²) in [7, 11) is 0. The summed E-state index contributed by atoms with van der Waals surface area (Å²) in [6.45, 7) is 0. The molecule has 19 heavy (non-hydrogen) atoms. The maximum absolute atomic E-state index is 11.9. The van der Waals surface area contributed by atoms with Gasteiger partial charge in [-0.3, -0.25) is 4.79 Å². The Hall–Kier alpha value is -0.980. The molecule has 0 spiro atoms. The number of aromatic nitrogens is 2. The first-order chi connectivity index (χ1) is 9.06. The van der Waals surface area contributed by atoms with Crippen molar-refractivity contribution < 1.29 is 4.79 Å². The molecule has 0 saturated heterocycles. The summed E-state index contributed by atoms with van der Waals surface area (Å²) >= 11 is 12.4. The van der Waals surface area contributed by atoms with E-state index in [1.807, 2.05) is 18.2 Å². The van der Waals surface area contributed by atoms with Gasteiger partial charge in [-0.25, -0.2) is 9.97 Å². The van der Waals surface area contributed by atoms with Gasteiger partial charge in [-0.15, -0.1) is 0 Å². The highest BCUT2D eigenvalue weighted by Gasteiger charge is 2.10. The molecule has 0 atom stereocenters. The molecule has 98 valence electrons. The zero-order chi connectivity index (χ0) is 13.8. The average molecular weight is 405 g/mol. The van der Waals surface area contributed by atoms with Gasteiger partial charge in [-0.05, 0) is 43.5 Å². The zero-order valence-electron chi connectivity index (χ0n) is 9.53. The zero-order valence-corrected chi connectivity index (χ0v) is 13.5. The van der Waals surface area contributed by atoms with Crippen molar-refractivity contribution >= 4 is 55.2 Å². The normalized spacial score (nSPS) is 10.3. The highest BCUT2D eigenvalue weighted by molar-refractivity contribution is 9.11. The number of anilines is 1. The van der Waals surface area contributed by atoms with Crippen LogP contribution in [0.1, 0.15) is 5.56 Å². The van der Waals surface area contributed by atoms with E-state index in [4.69, 9.17) is 11.6 Å². The molecule has 1 aromatic carbocycles. The van der Waals surface area contributed by atoms with Gasteiger partial charge in [-0.1, -0.05) is 29.8 Å². The molecule has 0 unspecified atom stereocenters. The lowest BCUT2D eigenvalue weighted by atomic mass is 10.1. The first-order valence-corrected chi connectivity index (χ1v) is 7.24. The Balaban J connectivity index is 2.08. The van der Waals surface area contributed by atoms with Crippen LogP contribution in [0, 0.1) is 0 Å². The van der Waals surface area contributed by atoms with Crippen molar-refractivity contribution in [3.05, 3.63) is 50.3 Å². The van der Waals surface area contributed by atoms with Crippen LogP contribution >= 0.6 is 43.5 Å². The van der Waals surface area contributed by atoms with Crippen LogP contribution in [-0.2, 0) is 11.2 Å². The summed E-state index contributed by atoms with van der Waals surface area (Å²) in [4.78, 5) is 20.0. The first-order valence-electron chi connectivity index (χ1n) is 5.27. The topological polar surface area (TPSA) is 54.9 Å². The van der Waals surface area contributed by atoms with E-state index in [2.05, 4.69) is 47.1 Å². The van der Waals surface area contributed by atoms with Gasteiger partial charge in [0.2, 0.25) is 5.91 Å². The van der Waals surface area contributed by atoms with Crippen molar-refractivity contribution in [2.45, 2.75) is 6.42 Å². The smallest absolute Gasteiger partial charge is 0.230 e. The van der Waals surface area contributed by atoms with Crippen LogP contribution in [-0.4, -0.2) is 15.9 Å². The molecule has 4 nitrogen and oxygen atoms in total. The lowest BCUT2D eigenvalue weighted by Gasteiger charge is -2.07. The summed E-state index contributed by atoms with van der Waals surface area (Å²) in [5.41, 5.74) is 0.767. The fourth-order valence-corrected chi connectivity index (χ4v) is 2.53. The minimum atomic E-state index is -0.203. The molecule has 2 rings (SSSR count). The van der Waals surface area contributed by atoms with Gasteiger partial charge in [0, 0.05) is 5.02 Å². The first kappa shape index (κ1) is 14.4. The van der Waals surface area contributed by atoms with E-state index in [0.29, 0.717) is 20.0 Å². The Morgan fingerprint density at radius 3 is 2.74 bits per heavy atom. The second kappa shape index (κ2) is 6.45. The van der Waals surface area contributed by atoms with Crippen molar-refractivity contribution in [3.8, 4) is 0 Å². The molecule has 7 heteroatoms. The Kier molecular flexibility index (Phi) is 4.90. The molecular weight excluding hydrogens is 397 g/mol. The number of nitrogens with one attached hydrogen (secondary N) is 1. The quantitative estimate of drug-likeness (QED) is 0.844. The van der Waals surface area contributed by atoms with E-state index in [1.165, 1.54) is 6.20 Å². The van der Waals surface area contributed by atoms with Crippen molar-refractivity contribution in [1.82, 2.24) is 9.97 Å². The number of halogens is 3. The fraction of sp³-hybridized carbons (Fsp3) is 0.0833. The average Bonchev–Trinajstić information content (AvgIpc) is 2.36. The summed E-state index contributed by atoms with van der Waals surface area (Å²) in [6.07, 6.45) is 1.69. The third kappa shape index (κ3) is 3.99. The number of hydrogen-bond acceptors (Lipinski definition) is 3. The predicted molar refractivity (Wildman–Crippen MR) is 81.2 cm³/mol. The molecule has 2 aromatic rings. The van der Waals surface area contributed by atoms with Crippen LogP contribution in [0.4, 0.5) is 5.82 Å². The Morgan fingerprint density at radius 2 is 2.05 bits per heavy atom. The Labute approximate surface area is 131 Å². The van der Waals surface area contributed by atoms with Gasteiger partial charge in [0.05, 0.1) is 12.6 Å². The second-order valence-corrected chi connectivity index (χ2v) is 5.62. The van der Waals surface area contributed by atoms with Crippen molar-refractivity contribution in [2.75, 3.05) is 5.32 Å². The number of hydrogen-bond donors (Lipinski definition) is 1. The molecule has 1 amide bonds. The predicted octanol–water partition coefficient (Wildman–Crippen LogP) is 3.84. The van der Waals surface area contributed by atoms with Gasteiger partial charge in [0.15, 0.2) is 5.82 Å². The third-order valence-electron chi connectivity index (χ3n) is 2.27. The van der Waals surface area contributed by atoms with Crippen LogP contribution in [0.3, 0.4) is 0 Å². The summed E-state index contributed by atoms with van der Waals surface area (Å²) in [5.74, 6) is 0.172. The number of nitrogens with zero attached hydrogens (tertiary/aromatic N) is 2. The minimum Gasteiger partial charge on any atom is -0.308 e. The van der Waals surface area contributed by atoms with Gasteiger partial charge < -0.3 is 5.32 Å². The van der Waals surface area contributed by atoms with Crippen molar-refractivity contribution in [3.63, 3.8) is 0 Å². The minimum absolute atomic E-state index is 0.184. The van der Waals surface area contributed by atoms with E-state index in [9.17, 15) is 4.79 Å². The number of benzene rings is 1. The van der Waals surface area contributed by atoms with Crippen molar-refractivity contribution in [2.24, 2.45) is 0 Å². The SMILES string of the molecule is O=C(Cc1ccccc1Cl)Nc1ncc(Br)nc1Br. The van der Waals surface area contributed by atoms with E-state index in [0.717, 1.165) is 5.56 Å². The third-order valence-corrected chi connectivity index (χ3v) is 3.57. The van der Waals surface area contributed by atoms with Gasteiger partial charge in [0.1, 0.15) is 9.21 Å². The monoisotopic (exact) mass is 403 g/mol. The maximum Gasteiger partial charge on any atom is 0.230 e. The Bertz CT molecular complexity index is 622. The van der Waals surface area contributed by atoms with E-state index in [-0.39, 0.29) is 12.3 Å². The van der Waals surface area contributed by atoms with Crippen molar-refractivity contribution in [1.29, 1.82) is 0 Å². The fourth-order valence-electron chi connectivity index (χ4n) is 1.42. The summed E-state index contributed by atoms with van der Waals surface area (Å²) in [5, 5.41) is 3.24. The van der Waals surface area contributed by atoms with Crippen LogP contribution in [0.5, 0.6) is 0 Å². The molecule has 1 N–H and O–H groups in total. The largest absolute Gasteiger partial charge is 0.308 e. The van der Waals surface area contributed by atoms with Crippen LogP contribution < -0.4 is 5.32 Å². The molecule has 1 aromatic heterocycles. The molecule has 0 aliphatic carbocycles. The molecule has 0 aliphatic rings. The standard InChI is InChI=1S/C12H8Br2ClN3O/c13-9-6-16-12(11(14)17-9)18-10(19)5-7-3-1-2-4-8(7)15/h1-4,6H,5H2,(H,16,18,19). The van der Waals surface area contributed by atoms with Crippen LogP contribution in [0.25, 0.3) is 0 Å². The van der Waals surface area contributed by atoms with Gasteiger partial charge >= 0.3 is 0 Å². The number of rotatable bonds is 3. The molecule has 0 bridgehead atoms. The van der Waals surface area contributed by atoms with E-state index >= 15 is 0 Å². The summed E-state index contributed by atoms with van der Waals surface area (Å²) in [6, 6.07) is 7.22. The van der Waals surface area contributed by atoms with Crippen LogP contribution in [0.15, 0.2) is 39.7 Å². The molecule has 0 fully saturated rings. The maximum atomic E-state index is 11.9. The lowest BCUT2D eigenvalue weighted by Crippen LogP contribution is -2.16. The van der Waals surface area contributed by atoms with Gasteiger partial charge in [0.25, 0.3) is 0 Å². The molecular formula is C12H8Br2ClN3O. The lowest BCUT2D eigenvalue weighted by molar-refractivity contribution is -0.115. The van der Waals surface area contributed by atoms with E-state index in [1.54, 1.807) is 6.07 Å². The highest BCUT2D eigenvalue weighted by atomic mass is 79.9.